The quantitative estimate of drug-likeness (QED) is 0.745. The normalized spacial score (nSPS) is 11.5. The predicted molar refractivity (Wildman–Crippen MR) is 97.1 cm³/mol. The van der Waals surface area contributed by atoms with E-state index in [9.17, 15) is 8.42 Å². The van der Waals surface area contributed by atoms with E-state index in [0.29, 0.717) is 18.0 Å². The van der Waals surface area contributed by atoms with Gasteiger partial charge in [0.1, 0.15) is 5.75 Å². The molecule has 130 valence electrons. The maximum atomic E-state index is 12.2. The fourth-order valence-corrected chi connectivity index (χ4v) is 3.09. The Kier molecular flexibility index (Phi) is 6.23. The minimum Gasteiger partial charge on any atom is -0.494 e. The molecule has 5 nitrogen and oxygen atoms in total. The zero-order chi connectivity index (χ0) is 17.6. The summed E-state index contributed by atoms with van der Waals surface area (Å²) >= 11 is 0. The van der Waals surface area contributed by atoms with Crippen LogP contribution in [-0.4, -0.2) is 40.0 Å². The maximum absolute atomic E-state index is 12.2. The molecule has 0 saturated heterocycles. The van der Waals surface area contributed by atoms with E-state index in [1.54, 1.807) is 12.1 Å². The number of hydrogen-bond acceptors (Lipinski definition) is 4. The van der Waals surface area contributed by atoms with E-state index in [0.717, 1.165) is 23.4 Å². The molecule has 6 heteroatoms. The van der Waals surface area contributed by atoms with Gasteiger partial charge in [-0.25, -0.2) is 12.7 Å². The number of nitrogens with one attached hydrogen (secondary N) is 1. The second kappa shape index (κ2) is 8.17. The molecule has 1 N–H and O–H groups in total. The van der Waals surface area contributed by atoms with Crippen molar-refractivity contribution in [3.63, 3.8) is 0 Å². The molecule has 0 bridgehead atoms. The molecule has 0 aliphatic heterocycles. The smallest absolute Gasteiger partial charge is 0.242 e. The van der Waals surface area contributed by atoms with E-state index in [-0.39, 0.29) is 0 Å². The van der Waals surface area contributed by atoms with E-state index in [1.807, 2.05) is 43.3 Å². The Morgan fingerprint density at radius 3 is 2.46 bits per heavy atom. The first kappa shape index (κ1) is 18.3. The van der Waals surface area contributed by atoms with Gasteiger partial charge in [-0.3, -0.25) is 0 Å². The van der Waals surface area contributed by atoms with Crippen LogP contribution in [0.1, 0.15) is 12.0 Å². The van der Waals surface area contributed by atoms with Crippen LogP contribution in [0.5, 0.6) is 5.75 Å². The minimum atomic E-state index is -3.42. The van der Waals surface area contributed by atoms with Gasteiger partial charge in [0.15, 0.2) is 0 Å². The van der Waals surface area contributed by atoms with Crippen LogP contribution >= 0.6 is 0 Å². The van der Waals surface area contributed by atoms with E-state index in [1.165, 1.54) is 18.4 Å². The van der Waals surface area contributed by atoms with Crippen LogP contribution < -0.4 is 10.1 Å². The molecule has 0 atom stereocenters. The Morgan fingerprint density at radius 2 is 1.79 bits per heavy atom. The predicted octanol–water partition coefficient (Wildman–Crippen LogP) is 3.13. The first-order valence-electron chi connectivity index (χ1n) is 7.86. The Balaban J connectivity index is 1.90. The summed E-state index contributed by atoms with van der Waals surface area (Å²) in [6.07, 6.45) is 0.818. The highest BCUT2D eigenvalue weighted by Gasteiger charge is 2.17. The van der Waals surface area contributed by atoms with Crippen molar-refractivity contribution >= 4 is 15.7 Å². The molecule has 0 radical (unpaired) electrons. The van der Waals surface area contributed by atoms with Gasteiger partial charge in [0.05, 0.1) is 11.5 Å². The van der Waals surface area contributed by atoms with Crippen molar-refractivity contribution in [3.8, 4) is 5.75 Å². The third-order valence-corrected chi connectivity index (χ3v) is 5.45. The van der Waals surface area contributed by atoms with E-state index >= 15 is 0 Å². The first-order chi connectivity index (χ1) is 11.4. The van der Waals surface area contributed by atoms with Crippen molar-refractivity contribution in [1.29, 1.82) is 0 Å². The number of para-hydroxylation sites is 1. The average Bonchev–Trinajstić information content (AvgIpc) is 2.56. The summed E-state index contributed by atoms with van der Waals surface area (Å²) in [5.74, 6) is 0.854. The van der Waals surface area contributed by atoms with Crippen LogP contribution in [0.4, 0.5) is 5.69 Å². The SMILES string of the molecule is Cc1ccc(S(=O)(=O)N(C)C)cc1NCCCOc1ccccc1. The lowest BCUT2D eigenvalue weighted by atomic mass is 10.2. The Labute approximate surface area is 144 Å². The second-order valence-corrected chi connectivity index (χ2v) is 7.86. The lowest BCUT2D eigenvalue weighted by Crippen LogP contribution is -2.22. The molecular weight excluding hydrogens is 324 g/mol. The molecule has 0 amide bonds. The summed E-state index contributed by atoms with van der Waals surface area (Å²) in [5, 5.41) is 3.29. The van der Waals surface area contributed by atoms with Crippen molar-refractivity contribution < 1.29 is 13.2 Å². The molecule has 24 heavy (non-hydrogen) atoms. The molecule has 2 aromatic rings. The van der Waals surface area contributed by atoms with Crippen LogP contribution in [0, 0.1) is 6.92 Å². The van der Waals surface area contributed by atoms with Crippen molar-refractivity contribution in [3.05, 3.63) is 54.1 Å². The standard InChI is InChI=1S/C18H24N2O3S/c1-15-10-11-17(24(21,22)20(2)3)14-18(15)19-12-7-13-23-16-8-5-4-6-9-16/h4-6,8-11,14,19H,7,12-13H2,1-3H3. The second-order valence-electron chi connectivity index (χ2n) is 5.71. The minimum absolute atomic E-state index is 0.293. The van der Waals surface area contributed by atoms with Crippen LogP contribution in [-0.2, 0) is 10.0 Å². The molecule has 2 rings (SSSR count). The molecule has 0 aliphatic carbocycles. The number of anilines is 1. The molecule has 0 spiro atoms. The molecule has 0 saturated carbocycles. The fourth-order valence-electron chi connectivity index (χ4n) is 2.16. The Hall–Kier alpha value is -2.05. The molecule has 2 aromatic carbocycles. The summed E-state index contributed by atoms with van der Waals surface area (Å²) < 4.78 is 31.3. The largest absolute Gasteiger partial charge is 0.494 e. The van der Waals surface area contributed by atoms with E-state index in [4.69, 9.17) is 4.74 Å². The summed E-state index contributed by atoms with van der Waals surface area (Å²) in [5.41, 5.74) is 1.84. The van der Waals surface area contributed by atoms with Crippen molar-refractivity contribution in [2.75, 3.05) is 32.6 Å². The zero-order valence-corrected chi connectivity index (χ0v) is 15.1. The van der Waals surface area contributed by atoms with Gasteiger partial charge in [0, 0.05) is 26.3 Å². The van der Waals surface area contributed by atoms with Gasteiger partial charge in [0.2, 0.25) is 10.0 Å². The maximum Gasteiger partial charge on any atom is 0.242 e. The highest BCUT2D eigenvalue weighted by atomic mass is 32.2. The number of hydrogen-bond donors (Lipinski definition) is 1. The van der Waals surface area contributed by atoms with Crippen LogP contribution in [0.15, 0.2) is 53.4 Å². The van der Waals surface area contributed by atoms with Crippen molar-refractivity contribution in [1.82, 2.24) is 4.31 Å². The summed E-state index contributed by atoms with van der Waals surface area (Å²) in [4.78, 5) is 0.293. The number of rotatable bonds is 8. The first-order valence-corrected chi connectivity index (χ1v) is 9.30. The number of benzene rings is 2. The zero-order valence-electron chi connectivity index (χ0n) is 14.3. The lowest BCUT2D eigenvalue weighted by Gasteiger charge is -2.15. The molecule has 0 aromatic heterocycles. The van der Waals surface area contributed by atoms with Crippen molar-refractivity contribution in [2.24, 2.45) is 0 Å². The van der Waals surface area contributed by atoms with Gasteiger partial charge < -0.3 is 10.1 Å². The number of nitrogens with zero attached hydrogens (tertiary/aromatic N) is 1. The Bertz CT molecular complexity index is 759. The molecule has 0 fully saturated rings. The average molecular weight is 348 g/mol. The lowest BCUT2D eigenvalue weighted by molar-refractivity contribution is 0.315. The molecule has 0 unspecified atom stereocenters. The third-order valence-electron chi connectivity index (χ3n) is 3.64. The molecular formula is C18H24N2O3S. The monoisotopic (exact) mass is 348 g/mol. The molecule has 0 aliphatic rings. The van der Waals surface area contributed by atoms with Gasteiger partial charge >= 0.3 is 0 Å². The van der Waals surface area contributed by atoms with Gasteiger partial charge in [-0.05, 0) is 43.2 Å². The third kappa shape index (κ3) is 4.72. The highest BCUT2D eigenvalue weighted by molar-refractivity contribution is 7.89. The van der Waals surface area contributed by atoms with Crippen molar-refractivity contribution in [2.45, 2.75) is 18.2 Å². The highest BCUT2D eigenvalue weighted by Crippen LogP contribution is 2.22. The van der Waals surface area contributed by atoms with Gasteiger partial charge in [0.25, 0.3) is 0 Å². The van der Waals surface area contributed by atoms with Crippen LogP contribution in [0.3, 0.4) is 0 Å². The fraction of sp³-hybridized carbons (Fsp3) is 0.333. The summed E-state index contributed by atoms with van der Waals surface area (Å²) in [6, 6.07) is 14.8. The van der Waals surface area contributed by atoms with Crippen LogP contribution in [0.25, 0.3) is 0 Å². The number of sulfonamides is 1. The van der Waals surface area contributed by atoms with Gasteiger partial charge in [-0.15, -0.1) is 0 Å². The van der Waals surface area contributed by atoms with Gasteiger partial charge in [-0.1, -0.05) is 24.3 Å². The summed E-state index contributed by atoms with van der Waals surface area (Å²) in [6.45, 7) is 3.26. The topological polar surface area (TPSA) is 58.6 Å². The van der Waals surface area contributed by atoms with E-state index < -0.39 is 10.0 Å². The summed E-state index contributed by atoms with van der Waals surface area (Å²) in [7, 11) is -0.357. The van der Waals surface area contributed by atoms with Crippen LogP contribution in [0.2, 0.25) is 0 Å². The Morgan fingerprint density at radius 1 is 1.08 bits per heavy atom. The van der Waals surface area contributed by atoms with E-state index in [2.05, 4.69) is 5.32 Å². The van der Waals surface area contributed by atoms with Gasteiger partial charge in [-0.2, -0.15) is 0 Å². The molecule has 0 heterocycles. The number of ether oxygens (including phenoxy) is 1. The number of aryl methyl sites for hydroxylation is 1.